The van der Waals surface area contributed by atoms with Gasteiger partial charge in [0.15, 0.2) is 0 Å². The summed E-state index contributed by atoms with van der Waals surface area (Å²) in [7, 11) is -1.71. The normalized spacial score (nSPS) is 18.2. The Morgan fingerprint density at radius 3 is 2.44 bits per heavy atom. The third kappa shape index (κ3) is 2.57. The molecule has 2 rings (SSSR count). The van der Waals surface area contributed by atoms with Crippen LogP contribution in [0.5, 0.6) is 0 Å². The number of hydrogen-bond donors (Lipinski definition) is 2. The van der Waals surface area contributed by atoms with Gasteiger partial charge in [0.1, 0.15) is 4.90 Å². The lowest BCUT2D eigenvalue weighted by molar-refractivity contribution is 0.427. The Kier molecular flexibility index (Phi) is 3.74. The van der Waals surface area contributed by atoms with Gasteiger partial charge in [-0.1, -0.05) is 0 Å². The Bertz CT molecular complexity index is 529. The average molecular weight is 272 g/mol. The van der Waals surface area contributed by atoms with E-state index in [0.717, 1.165) is 25.9 Å². The summed E-state index contributed by atoms with van der Waals surface area (Å²) in [5.74, 6) is 0. The van der Waals surface area contributed by atoms with E-state index in [1.54, 1.807) is 25.6 Å². The molecule has 0 saturated carbocycles. The molecule has 7 heteroatoms. The molecule has 2 heterocycles. The maximum absolute atomic E-state index is 12.4. The molecule has 0 spiro atoms. The summed E-state index contributed by atoms with van der Waals surface area (Å²) in [5, 5.41) is 7.37. The number of hydrogen-bond acceptors (Lipinski definition) is 4. The topological polar surface area (TPSA) is 76.0 Å². The number of piperidine rings is 1. The molecule has 0 aromatic carbocycles. The molecular weight excluding hydrogens is 252 g/mol. The van der Waals surface area contributed by atoms with Crippen LogP contribution in [0.4, 0.5) is 0 Å². The van der Waals surface area contributed by atoms with Crippen LogP contribution in [0.15, 0.2) is 4.90 Å². The number of aryl methyl sites for hydroxylation is 2. The minimum Gasteiger partial charge on any atom is -0.317 e. The van der Waals surface area contributed by atoms with Crippen molar-refractivity contribution in [3.63, 3.8) is 0 Å². The molecule has 0 bridgehead atoms. The van der Waals surface area contributed by atoms with Crippen LogP contribution in [-0.2, 0) is 17.1 Å². The Balaban J connectivity index is 2.24. The first-order valence-corrected chi connectivity index (χ1v) is 7.63. The van der Waals surface area contributed by atoms with Crippen LogP contribution in [0.3, 0.4) is 0 Å². The van der Waals surface area contributed by atoms with Crippen LogP contribution in [0, 0.1) is 13.8 Å². The van der Waals surface area contributed by atoms with E-state index in [1.807, 2.05) is 0 Å². The quantitative estimate of drug-likeness (QED) is 0.816. The number of sulfonamides is 1. The van der Waals surface area contributed by atoms with E-state index >= 15 is 0 Å². The van der Waals surface area contributed by atoms with E-state index in [4.69, 9.17) is 0 Å². The standard InChI is InChI=1S/C11H20N4O2S/c1-8-11(9(2)15(3)13-8)18(16,17)14-10-4-6-12-7-5-10/h10,12,14H,4-7H2,1-3H3. The van der Waals surface area contributed by atoms with Gasteiger partial charge in [0.05, 0.1) is 11.4 Å². The molecule has 102 valence electrons. The Hall–Kier alpha value is -0.920. The first-order valence-electron chi connectivity index (χ1n) is 6.15. The third-order valence-electron chi connectivity index (χ3n) is 3.37. The van der Waals surface area contributed by atoms with Crippen LogP contribution in [0.25, 0.3) is 0 Å². The Morgan fingerprint density at radius 2 is 1.94 bits per heavy atom. The zero-order chi connectivity index (χ0) is 13.3. The van der Waals surface area contributed by atoms with Crippen LogP contribution >= 0.6 is 0 Å². The lowest BCUT2D eigenvalue weighted by Crippen LogP contribution is -2.42. The van der Waals surface area contributed by atoms with E-state index in [1.165, 1.54) is 0 Å². The van der Waals surface area contributed by atoms with Crippen molar-refractivity contribution < 1.29 is 8.42 Å². The number of nitrogens with zero attached hydrogens (tertiary/aromatic N) is 2. The highest BCUT2D eigenvalue weighted by Gasteiger charge is 2.27. The van der Waals surface area contributed by atoms with Gasteiger partial charge in [-0.05, 0) is 39.8 Å². The minimum atomic E-state index is -3.46. The second-order valence-corrected chi connectivity index (χ2v) is 6.42. The smallest absolute Gasteiger partial charge is 0.244 e. The molecule has 18 heavy (non-hydrogen) atoms. The average Bonchev–Trinajstić information content (AvgIpc) is 2.54. The lowest BCUT2D eigenvalue weighted by Gasteiger charge is -2.23. The summed E-state index contributed by atoms with van der Waals surface area (Å²) in [6, 6.07) is 0.0234. The summed E-state index contributed by atoms with van der Waals surface area (Å²) in [4.78, 5) is 0.323. The molecule has 0 radical (unpaired) electrons. The van der Waals surface area contributed by atoms with Gasteiger partial charge in [-0.25, -0.2) is 13.1 Å². The molecule has 1 aliphatic heterocycles. The van der Waals surface area contributed by atoms with Gasteiger partial charge in [-0.2, -0.15) is 5.10 Å². The van der Waals surface area contributed by atoms with E-state index in [9.17, 15) is 8.42 Å². The molecule has 0 aliphatic carbocycles. The van der Waals surface area contributed by atoms with Gasteiger partial charge in [0, 0.05) is 13.1 Å². The molecule has 2 N–H and O–H groups in total. The van der Waals surface area contributed by atoms with Crippen LogP contribution < -0.4 is 10.0 Å². The van der Waals surface area contributed by atoms with E-state index < -0.39 is 10.0 Å². The summed E-state index contributed by atoms with van der Waals surface area (Å²) in [6.45, 7) is 5.22. The summed E-state index contributed by atoms with van der Waals surface area (Å²) >= 11 is 0. The molecule has 6 nitrogen and oxygen atoms in total. The lowest BCUT2D eigenvalue weighted by atomic mass is 10.1. The van der Waals surface area contributed by atoms with Crippen molar-refractivity contribution in [3.05, 3.63) is 11.4 Å². The zero-order valence-corrected chi connectivity index (χ0v) is 11.8. The van der Waals surface area contributed by atoms with Crippen molar-refractivity contribution in [2.45, 2.75) is 37.6 Å². The second-order valence-electron chi connectivity index (χ2n) is 4.77. The monoisotopic (exact) mass is 272 g/mol. The van der Waals surface area contributed by atoms with E-state index in [-0.39, 0.29) is 6.04 Å². The van der Waals surface area contributed by atoms with Gasteiger partial charge in [-0.3, -0.25) is 4.68 Å². The van der Waals surface area contributed by atoms with E-state index in [2.05, 4.69) is 15.1 Å². The van der Waals surface area contributed by atoms with Crippen LogP contribution in [0.2, 0.25) is 0 Å². The molecule has 1 saturated heterocycles. The molecule has 0 atom stereocenters. The van der Waals surface area contributed by atoms with Crippen LogP contribution in [0.1, 0.15) is 24.2 Å². The summed E-state index contributed by atoms with van der Waals surface area (Å²) < 4.78 is 29.1. The molecule has 1 aromatic rings. The molecule has 1 aromatic heterocycles. The molecule has 1 aliphatic rings. The van der Waals surface area contributed by atoms with Crippen molar-refractivity contribution in [1.82, 2.24) is 19.8 Å². The molecule has 1 fully saturated rings. The van der Waals surface area contributed by atoms with Gasteiger partial charge in [0.2, 0.25) is 10.0 Å². The Morgan fingerprint density at radius 1 is 1.33 bits per heavy atom. The first kappa shape index (κ1) is 13.5. The second kappa shape index (κ2) is 4.99. The van der Waals surface area contributed by atoms with Crippen molar-refractivity contribution >= 4 is 10.0 Å². The van der Waals surface area contributed by atoms with Gasteiger partial charge in [0.25, 0.3) is 0 Å². The van der Waals surface area contributed by atoms with Crippen LogP contribution in [-0.4, -0.2) is 37.3 Å². The zero-order valence-electron chi connectivity index (χ0n) is 11.0. The summed E-state index contributed by atoms with van der Waals surface area (Å²) in [5.41, 5.74) is 1.23. The molecule has 0 amide bonds. The number of rotatable bonds is 3. The summed E-state index contributed by atoms with van der Waals surface area (Å²) in [6.07, 6.45) is 1.66. The SMILES string of the molecule is Cc1nn(C)c(C)c1S(=O)(=O)NC1CCNCC1. The fourth-order valence-electron chi connectivity index (χ4n) is 2.36. The molecular formula is C11H20N4O2S. The van der Waals surface area contributed by atoms with Crippen molar-refractivity contribution in [3.8, 4) is 0 Å². The highest BCUT2D eigenvalue weighted by molar-refractivity contribution is 7.89. The highest BCUT2D eigenvalue weighted by Crippen LogP contribution is 2.19. The third-order valence-corrected chi connectivity index (χ3v) is 5.14. The number of aromatic nitrogens is 2. The van der Waals surface area contributed by atoms with Gasteiger partial charge < -0.3 is 5.32 Å². The van der Waals surface area contributed by atoms with Crippen molar-refractivity contribution in [2.75, 3.05) is 13.1 Å². The van der Waals surface area contributed by atoms with Crippen molar-refractivity contribution in [1.29, 1.82) is 0 Å². The fraction of sp³-hybridized carbons (Fsp3) is 0.727. The van der Waals surface area contributed by atoms with Gasteiger partial charge >= 0.3 is 0 Å². The minimum absolute atomic E-state index is 0.0234. The predicted octanol–water partition coefficient (Wildman–Crippen LogP) is 0.0672. The maximum Gasteiger partial charge on any atom is 0.244 e. The van der Waals surface area contributed by atoms with Crippen molar-refractivity contribution in [2.24, 2.45) is 7.05 Å². The van der Waals surface area contributed by atoms with Gasteiger partial charge in [-0.15, -0.1) is 0 Å². The highest BCUT2D eigenvalue weighted by atomic mass is 32.2. The molecule has 0 unspecified atom stereocenters. The Labute approximate surface area is 108 Å². The number of nitrogens with one attached hydrogen (secondary N) is 2. The van der Waals surface area contributed by atoms with E-state index in [0.29, 0.717) is 16.3 Å². The fourth-order valence-corrected chi connectivity index (χ4v) is 4.10. The maximum atomic E-state index is 12.4. The first-order chi connectivity index (χ1) is 8.42. The largest absolute Gasteiger partial charge is 0.317 e. The predicted molar refractivity (Wildman–Crippen MR) is 68.9 cm³/mol.